The number of benzene rings is 2. The van der Waals surface area contributed by atoms with Gasteiger partial charge in [-0.2, -0.15) is 0 Å². The van der Waals surface area contributed by atoms with Crippen molar-refractivity contribution in [2.75, 3.05) is 18.0 Å². The van der Waals surface area contributed by atoms with Gasteiger partial charge in [-0.05, 0) is 66.8 Å². The van der Waals surface area contributed by atoms with Crippen LogP contribution in [0.4, 0.5) is 10.1 Å². The van der Waals surface area contributed by atoms with Gasteiger partial charge in [0.25, 0.3) is 5.91 Å². The average Bonchev–Trinajstić information content (AvgIpc) is 3.28. The summed E-state index contributed by atoms with van der Waals surface area (Å²) in [5, 5.41) is 12.6. The number of piperidine rings is 1. The molecule has 0 unspecified atom stereocenters. The Morgan fingerprint density at radius 1 is 1.17 bits per heavy atom. The molecule has 0 atom stereocenters. The molecule has 7 heteroatoms. The van der Waals surface area contributed by atoms with E-state index < -0.39 is 0 Å². The van der Waals surface area contributed by atoms with Crippen LogP contribution in [0.25, 0.3) is 0 Å². The number of nitrogens with zero attached hydrogens (tertiary/aromatic N) is 2. The van der Waals surface area contributed by atoms with Gasteiger partial charge in [-0.15, -0.1) is 11.3 Å². The molecule has 1 N–H and O–H groups in total. The molecule has 3 aromatic rings. The first-order valence-electron chi connectivity index (χ1n) is 9.83. The summed E-state index contributed by atoms with van der Waals surface area (Å²) in [4.78, 5) is 18.0. The summed E-state index contributed by atoms with van der Waals surface area (Å²) in [6.45, 7) is 2.17. The lowest BCUT2D eigenvalue weighted by Gasteiger charge is -2.38. The molecule has 0 spiro atoms. The SMILES string of the molecule is O=C(c1cccs1)N(c1ccc(F)cc1)C1CCN(Cc2cc(Cl)ccc2O)CC1. The molecule has 0 saturated carbocycles. The predicted octanol–water partition coefficient (Wildman–Crippen LogP) is 5.56. The summed E-state index contributed by atoms with van der Waals surface area (Å²) in [5.74, 6) is -0.136. The molecule has 1 saturated heterocycles. The molecule has 0 bridgehead atoms. The van der Waals surface area contributed by atoms with Crippen molar-refractivity contribution in [1.82, 2.24) is 4.90 Å². The Bertz CT molecular complexity index is 1000. The third kappa shape index (κ3) is 4.67. The number of thiophene rings is 1. The van der Waals surface area contributed by atoms with Crippen molar-refractivity contribution < 1.29 is 14.3 Å². The van der Waals surface area contributed by atoms with Crippen molar-refractivity contribution in [1.29, 1.82) is 0 Å². The van der Waals surface area contributed by atoms with Crippen LogP contribution in [0.2, 0.25) is 5.02 Å². The lowest BCUT2D eigenvalue weighted by Crippen LogP contribution is -2.47. The van der Waals surface area contributed by atoms with E-state index in [0.717, 1.165) is 31.5 Å². The van der Waals surface area contributed by atoms with Gasteiger partial charge in [-0.3, -0.25) is 9.69 Å². The Morgan fingerprint density at radius 3 is 2.57 bits per heavy atom. The number of aromatic hydroxyl groups is 1. The van der Waals surface area contributed by atoms with Crippen molar-refractivity contribution in [3.63, 3.8) is 0 Å². The maximum Gasteiger partial charge on any atom is 0.268 e. The highest BCUT2D eigenvalue weighted by Gasteiger charge is 2.30. The van der Waals surface area contributed by atoms with Crippen LogP contribution in [-0.2, 0) is 6.54 Å². The highest BCUT2D eigenvalue weighted by atomic mass is 35.5. The zero-order valence-electron chi connectivity index (χ0n) is 16.3. The Morgan fingerprint density at radius 2 is 1.90 bits per heavy atom. The van der Waals surface area contributed by atoms with Crippen LogP contribution in [0.15, 0.2) is 60.0 Å². The van der Waals surface area contributed by atoms with Crippen LogP contribution < -0.4 is 4.90 Å². The van der Waals surface area contributed by atoms with E-state index in [4.69, 9.17) is 11.6 Å². The maximum atomic E-state index is 13.4. The van der Waals surface area contributed by atoms with Crippen LogP contribution in [0.5, 0.6) is 5.75 Å². The molecule has 1 fully saturated rings. The van der Waals surface area contributed by atoms with Gasteiger partial charge < -0.3 is 10.0 Å². The van der Waals surface area contributed by atoms with Crippen LogP contribution in [0.3, 0.4) is 0 Å². The molecule has 156 valence electrons. The number of halogens is 2. The van der Waals surface area contributed by atoms with Crippen molar-refractivity contribution in [3.8, 4) is 5.75 Å². The molecule has 0 aliphatic carbocycles. The highest BCUT2D eigenvalue weighted by molar-refractivity contribution is 7.12. The van der Waals surface area contributed by atoms with Crippen LogP contribution in [0, 0.1) is 5.82 Å². The van der Waals surface area contributed by atoms with E-state index in [2.05, 4.69) is 4.90 Å². The minimum Gasteiger partial charge on any atom is -0.508 e. The van der Waals surface area contributed by atoms with Crippen molar-refractivity contribution in [2.24, 2.45) is 0 Å². The summed E-state index contributed by atoms with van der Waals surface area (Å²) in [7, 11) is 0. The Hall–Kier alpha value is -2.41. The quantitative estimate of drug-likeness (QED) is 0.560. The zero-order valence-corrected chi connectivity index (χ0v) is 17.9. The van der Waals surface area contributed by atoms with E-state index in [-0.39, 0.29) is 23.5 Å². The predicted molar refractivity (Wildman–Crippen MR) is 119 cm³/mol. The van der Waals surface area contributed by atoms with E-state index in [9.17, 15) is 14.3 Å². The zero-order chi connectivity index (χ0) is 21.1. The summed E-state index contributed by atoms with van der Waals surface area (Å²) in [5.41, 5.74) is 1.51. The number of rotatable bonds is 5. The van der Waals surface area contributed by atoms with Crippen molar-refractivity contribution in [3.05, 3.63) is 81.3 Å². The fourth-order valence-electron chi connectivity index (χ4n) is 3.87. The molecular formula is C23H22ClFN2O2S. The normalized spacial score (nSPS) is 15.3. The van der Waals surface area contributed by atoms with Gasteiger partial charge in [0.15, 0.2) is 0 Å². The molecule has 4 nitrogen and oxygen atoms in total. The summed E-state index contributed by atoms with van der Waals surface area (Å²) >= 11 is 7.47. The molecule has 1 aliphatic heterocycles. The fraction of sp³-hybridized carbons (Fsp3) is 0.261. The molecule has 2 aromatic carbocycles. The second-order valence-corrected chi connectivity index (χ2v) is 8.79. The minimum atomic E-state index is -0.321. The summed E-state index contributed by atoms with van der Waals surface area (Å²) < 4.78 is 13.4. The molecule has 1 aromatic heterocycles. The van der Waals surface area contributed by atoms with Gasteiger partial charge >= 0.3 is 0 Å². The summed E-state index contributed by atoms with van der Waals surface area (Å²) in [6.07, 6.45) is 1.58. The van der Waals surface area contributed by atoms with E-state index in [1.54, 1.807) is 35.2 Å². The van der Waals surface area contributed by atoms with Gasteiger partial charge in [0.05, 0.1) is 4.88 Å². The topological polar surface area (TPSA) is 43.8 Å². The van der Waals surface area contributed by atoms with Gasteiger partial charge in [0.2, 0.25) is 0 Å². The maximum absolute atomic E-state index is 13.4. The second kappa shape index (κ2) is 9.16. The molecular weight excluding hydrogens is 423 g/mol. The van der Waals surface area contributed by atoms with E-state index in [1.807, 2.05) is 17.5 Å². The number of carbonyl (C=O) groups excluding carboxylic acids is 1. The van der Waals surface area contributed by atoms with E-state index in [0.29, 0.717) is 22.1 Å². The third-order valence-corrected chi connectivity index (χ3v) is 6.51. The highest BCUT2D eigenvalue weighted by Crippen LogP contribution is 2.29. The number of phenolic OH excluding ortho intramolecular Hbond substituents is 1. The number of likely N-dealkylation sites (tertiary alicyclic amines) is 1. The smallest absolute Gasteiger partial charge is 0.268 e. The van der Waals surface area contributed by atoms with Crippen LogP contribution in [-0.4, -0.2) is 35.0 Å². The minimum absolute atomic E-state index is 0.0225. The number of amides is 1. The summed E-state index contributed by atoms with van der Waals surface area (Å²) in [6, 6.07) is 14.9. The first-order chi connectivity index (χ1) is 14.5. The van der Waals surface area contributed by atoms with E-state index >= 15 is 0 Å². The van der Waals surface area contributed by atoms with Crippen molar-refractivity contribution in [2.45, 2.75) is 25.4 Å². The molecule has 4 rings (SSSR count). The van der Waals surface area contributed by atoms with Gasteiger partial charge in [-0.1, -0.05) is 17.7 Å². The lowest BCUT2D eigenvalue weighted by molar-refractivity contribution is 0.0962. The first-order valence-corrected chi connectivity index (χ1v) is 11.1. The fourth-order valence-corrected chi connectivity index (χ4v) is 4.73. The van der Waals surface area contributed by atoms with Gasteiger partial charge in [0.1, 0.15) is 11.6 Å². The number of anilines is 1. The van der Waals surface area contributed by atoms with Gasteiger partial charge in [0, 0.05) is 41.9 Å². The van der Waals surface area contributed by atoms with Gasteiger partial charge in [-0.25, -0.2) is 4.39 Å². The number of hydrogen-bond acceptors (Lipinski definition) is 4. The molecule has 30 heavy (non-hydrogen) atoms. The Balaban J connectivity index is 1.49. The second-order valence-electron chi connectivity index (χ2n) is 7.41. The van der Waals surface area contributed by atoms with Crippen molar-refractivity contribution >= 4 is 34.5 Å². The molecule has 2 heterocycles. The standard InChI is InChI=1S/C23H22ClFN2O2S/c24-17-3-8-21(28)16(14-17)15-26-11-9-20(10-12-26)27(19-6-4-18(25)5-7-19)23(29)22-2-1-13-30-22/h1-8,13-14,20,28H,9-12,15H2. The number of phenols is 1. The number of carbonyl (C=O) groups is 1. The van der Waals surface area contributed by atoms with Crippen LogP contribution >= 0.6 is 22.9 Å². The first kappa shape index (κ1) is 20.8. The number of hydrogen-bond donors (Lipinski definition) is 1. The average molecular weight is 445 g/mol. The Labute approximate surface area is 184 Å². The molecule has 1 aliphatic rings. The monoisotopic (exact) mass is 444 g/mol. The lowest BCUT2D eigenvalue weighted by atomic mass is 10.0. The third-order valence-electron chi connectivity index (χ3n) is 5.41. The molecule has 0 radical (unpaired) electrons. The largest absolute Gasteiger partial charge is 0.508 e. The Kier molecular flexibility index (Phi) is 6.37. The van der Waals surface area contributed by atoms with Crippen LogP contribution in [0.1, 0.15) is 28.1 Å². The van der Waals surface area contributed by atoms with E-state index in [1.165, 1.54) is 23.5 Å². The molecule has 1 amide bonds.